The molecule has 3 nitrogen and oxygen atoms in total. The number of carbonyl (C=O) groups is 1. The van der Waals surface area contributed by atoms with E-state index in [1.807, 2.05) is 0 Å². The summed E-state index contributed by atoms with van der Waals surface area (Å²) in [6.07, 6.45) is 6.93. The monoisotopic (exact) mass is 253 g/mol. The van der Waals surface area contributed by atoms with Crippen molar-refractivity contribution in [1.29, 1.82) is 0 Å². The van der Waals surface area contributed by atoms with Crippen molar-refractivity contribution in [3.05, 3.63) is 0 Å². The second kappa shape index (κ2) is 4.84. The Balaban J connectivity index is 1.94. The van der Waals surface area contributed by atoms with E-state index in [0.717, 1.165) is 38.5 Å². The Bertz CT molecular complexity index is 318. The lowest BCUT2D eigenvalue weighted by molar-refractivity contribution is -0.159. The van der Waals surface area contributed by atoms with Gasteiger partial charge in [0.25, 0.3) is 0 Å². The summed E-state index contributed by atoms with van der Waals surface area (Å²) in [6.45, 7) is 6.77. The van der Waals surface area contributed by atoms with Gasteiger partial charge in [0.2, 0.25) is 0 Å². The average Bonchev–Trinajstić information content (AvgIpc) is 2.63. The first kappa shape index (κ1) is 13.9. The maximum absolute atomic E-state index is 12.2. The Morgan fingerprint density at radius 2 is 1.83 bits per heavy atom. The molecule has 18 heavy (non-hydrogen) atoms. The molecule has 0 heterocycles. The van der Waals surface area contributed by atoms with E-state index in [0.29, 0.717) is 5.92 Å². The van der Waals surface area contributed by atoms with Gasteiger partial charge in [-0.1, -0.05) is 33.6 Å². The van der Waals surface area contributed by atoms with Crippen LogP contribution in [-0.2, 0) is 9.53 Å². The first-order chi connectivity index (χ1) is 8.31. The van der Waals surface area contributed by atoms with Gasteiger partial charge in [-0.05, 0) is 43.4 Å². The van der Waals surface area contributed by atoms with Crippen molar-refractivity contribution in [2.24, 2.45) is 17.1 Å². The molecule has 2 N–H and O–H groups in total. The van der Waals surface area contributed by atoms with Gasteiger partial charge in [-0.3, -0.25) is 4.79 Å². The molecule has 0 amide bonds. The fourth-order valence-corrected chi connectivity index (χ4v) is 3.83. The Morgan fingerprint density at radius 1 is 1.22 bits per heavy atom. The van der Waals surface area contributed by atoms with Crippen LogP contribution in [0.1, 0.15) is 65.7 Å². The van der Waals surface area contributed by atoms with Crippen LogP contribution in [0.15, 0.2) is 0 Å². The number of rotatable bonds is 2. The van der Waals surface area contributed by atoms with Crippen LogP contribution in [0.5, 0.6) is 0 Å². The molecule has 2 aliphatic carbocycles. The molecule has 0 spiro atoms. The highest BCUT2D eigenvalue weighted by atomic mass is 16.5. The Hall–Kier alpha value is -0.570. The molecule has 2 aliphatic rings. The summed E-state index contributed by atoms with van der Waals surface area (Å²) < 4.78 is 5.72. The average molecular weight is 253 g/mol. The molecule has 0 aliphatic heterocycles. The van der Waals surface area contributed by atoms with Crippen molar-refractivity contribution in [2.75, 3.05) is 0 Å². The second-order valence-corrected chi connectivity index (χ2v) is 7.30. The fourth-order valence-electron chi connectivity index (χ4n) is 3.83. The van der Waals surface area contributed by atoms with Gasteiger partial charge >= 0.3 is 5.97 Å². The van der Waals surface area contributed by atoms with E-state index in [1.165, 1.54) is 6.42 Å². The quantitative estimate of drug-likeness (QED) is 0.770. The predicted molar refractivity (Wildman–Crippen MR) is 72.1 cm³/mol. The van der Waals surface area contributed by atoms with Gasteiger partial charge < -0.3 is 10.5 Å². The lowest BCUT2D eigenvalue weighted by Gasteiger charge is -2.39. The predicted octanol–water partition coefficient (Wildman–Crippen LogP) is 3.02. The molecular formula is C15H27NO2. The van der Waals surface area contributed by atoms with Crippen LogP contribution in [0.2, 0.25) is 0 Å². The van der Waals surface area contributed by atoms with Gasteiger partial charge in [-0.15, -0.1) is 0 Å². The number of hydrogen-bond donors (Lipinski definition) is 1. The van der Waals surface area contributed by atoms with Crippen LogP contribution < -0.4 is 5.73 Å². The smallest absolute Gasteiger partial charge is 0.326 e. The lowest BCUT2D eigenvalue weighted by atomic mass is 9.71. The zero-order valence-corrected chi connectivity index (χ0v) is 12.0. The highest BCUT2D eigenvalue weighted by molar-refractivity contribution is 5.81. The zero-order valence-electron chi connectivity index (χ0n) is 12.0. The van der Waals surface area contributed by atoms with Gasteiger partial charge in [0.15, 0.2) is 0 Å². The normalized spacial score (nSPS) is 34.2. The maximum Gasteiger partial charge on any atom is 0.326 e. The van der Waals surface area contributed by atoms with Crippen LogP contribution in [-0.4, -0.2) is 17.6 Å². The number of carbonyl (C=O) groups excluding carboxylic acids is 1. The fraction of sp³-hybridized carbons (Fsp3) is 0.933. The first-order valence-electron chi connectivity index (χ1n) is 7.31. The summed E-state index contributed by atoms with van der Waals surface area (Å²) in [5, 5.41) is 0. The third kappa shape index (κ3) is 3.05. The van der Waals surface area contributed by atoms with Gasteiger partial charge in [0, 0.05) is 0 Å². The minimum Gasteiger partial charge on any atom is -0.461 e. The van der Waals surface area contributed by atoms with E-state index >= 15 is 0 Å². The van der Waals surface area contributed by atoms with Crippen molar-refractivity contribution in [3.8, 4) is 0 Å². The molecule has 0 aromatic rings. The molecule has 104 valence electrons. The van der Waals surface area contributed by atoms with Crippen molar-refractivity contribution < 1.29 is 9.53 Å². The third-order valence-electron chi connectivity index (χ3n) is 4.52. The molecule has 2 saturated carbocycles. The molecule has 0 saturated heterocycles. The van der Waals surface area contributed by atoms with Gasteiger partial charge in [0.1, 0.15) is 11.6 Å². The van der Waals surface area contributed by atoms with Crippen LogP contribution in [0.4, 0.5) is 0 Å². The highest BCUT2D eigenvalue weighted by Crippen LogP contribution is 2.40. The summed E-state index contributed by atoms with van der Waals surface area (Å²) in [6, 6.07) is 0. The van der Waals surface area contributed by atoms with Crippen LogP contribution in [0.25, 0.3) is 0 Å². The molecule has 0 aromatic heterocycles. The SMILES string of the molecule is CC1CC(OC(=O)C2(N)CCCC2)CC(C)(C)C1. The molecule has 2 rings (SSSR count). The van der Waals surface area contributed by atoms with Crippen LogP contribution in [0, 0.1) is 11.3 Å². The lowest BCUT2D eigenvalue weighted by Crippen LogP contribution is -2.48. The Kier molecular flexibility index (Phi) is 3.72. The molecule has 2 atom stereocenters. The van der Waals surface area contributed by atoms with Crippen LogP contribution >= 0.6 is 0 Å². The molecule has 0 aromatic carbocycles. The van der Waals surface area contributed by atoms with Gasteiger partial charge in [-0.25, -0.2) is 0 Å². The van der Waals surface area contributed by atoms with Gasteiger partial charge in [-0.2, -0.15) is 0 Å². The highest BCUT2D eigenvalue weighted by Gasteiger charge is 2.41. The molecule has 2 unspecified atom stereocenters. The number of ether oxygens (including phenoxy) is 1. The summed E-state index contributed by atoms with van der Waals surface area (Å²) >= 11 is 0. The van der Waals surface area contributed by atoms with Crippen molar-refractivity contribution in [1.82, 2.24) is 0 Å². The molecule has 2 fully saturated rings. The van der Waals surface area contributed by atoms with Crippen molar-refractivity contribution >= 4 is 5.97 Å². The van der Waals surface area contributed by atoms with Crippen LogP contribution in [0.3, 0.4) is 0 Å². The molecule has 0 radical (unpaired) electrons. The number of esters is 1. The summed E-state index contributed by atoms with van der Waals surface area (Å²) in [5.74, 6) is 0.471. The maximum atomic E-state index is 12.2. The van der Waals surface area contributed by atoms with E-state index in [9.17, 15) is 4.79 Å². The van der Waals surface area contributed by atoms with Crippen molar-refractivity contribution in [3.63, 3.8) is 0 Å². The van der Waals surface area contributed by atoms with E-state index in [2.05, 4.69) is 20.8 Å². The van der Waals surface area contributed by atoms with E-state index in [1.54, 1.807) is 0 Å². The molecule has 3 heteroatoms. The zero-order chi connectivity index (χ0) is 13.4. The third-order valence-corrected chi connectivity index (χ3v) is 4.52. The number of nitrogens with two attached hydrogens (primary N) is 1. The molecular weight excluding hydrogens is 226 g/mol. The summed E-state index contributed by atoms with van der Waals surface area (Å²) in [7, 11) is 0. The number of hydrogen-bond acceptors (Lipinski definition) is 3. The van der Waals surface area contributed by atoms with E-state index in [4.69, 9.17) is 10.5 Å². The standard InChI is InChI=1S/C15H27NO2/c1-11-8-12(10-14(2,3)9-11)18-13(17)15(16)6-4-5-7-15/h11-12H,4-10,16H2,1-3H3. The topological polar surface area (TPSA) is 52.3 Å². The second-order valence-electron chi connectivity index (χ2n) is 7.30. The Labute approximate surface area is 110 Å². The summed E-state index contributed by atoms with van der Waals surface area (Å²) in [5.41, 5.74) is 5.74. The minimum atomic E-state index is -0.690. The largest absolute Gasteiger partial charge is 0.461 e. The minimum absolute atomic E-state index is 0.0669. The Morgan fingerprint density at radius 3 is 2.39 bits per heavy atom. The summed E-state index contributed by atoms with van der Waals surface area (Å²) in [4.78, 5) is 12.2. The van der Waals surface area contributed by atoms with E-state index < -0.39 is 5.54 Å². The van der Waals surface area contributed by atoms with E-state index in [-0.39, 0.29) is 17.5 Å². The molecule has 0 bridgehead atoms. The van der Waals surface area contributed by atoms with Gasteiger partial charge in [0.05, 0.1) is 0 Å². The first-order valence-corrected chi connectivity index (χ1v) is 7.31. The van der Waals surface area contributed by atoms with Crippen molar-refractivity contribution in [2.45, 2.75) is 77.4 Å².